The molecular weight excluding hydrogens is 312 g/mol. The first-order valence-corrected chi connectivity index (χ1v) is 8.62. The third-order valence-corrected chi connectivity index (χ3v) is 5.25. The topological polar surface area (TPSA) is 60.9 Å². The zero-order chi connectivity index (χ0) is 17.0. The van der Waals surface area contributed by atoms with E-state index in [0.717, 1.165) is 53.3 Å². The van der Waals surface area contributed by atoms with E-state index in [1.54, 1.807) is 0 Å². The first kappa shape index (κ1) is 14.5. The van der Waals surface area contributed by atoms with Crippen molar-refractivity contribution in [3.8, 4) is 11.3 Å². The van der Waals surface area contributed by atoms with Crippen LogP contribution < -0.4 is 4.90 Å². The summed E-state index contributed by atoms with van der Waals surface area (Å²) in [6.07, 6.45) is 2.27. The minimum Gasteiger partial charge on any atom is -0.380 e. The Morgan fingerprint density at radius 1 is 1.12 bits per heavy atom. The molecule has 0 saturated carbocycles. The number of nitrogens with zero attached hydrogens (tertiary/aromatic N) is 5. The Morgan fingerprint density at radius 3 is 2.84 bits per heavy atom. The summed E-state index contributed by atoms with van der Waals surface area (Å²) in [4.78, 5) is 4.60. The molecular formula is C19H20N6. The molecule has 6 heteroatoms. The molecule has 1 saturated heterocycles. The third kappa shape index (κ3) is 2.36. The molecule has 2 aliphatic heterocycles. The summed E-state index contributed by atoms with van der Waals surface area (Å²) in [7, 11) is 2.14. The fourth-order valence-electron chi connectivity index (χ4n) is 3.92. The molecule has 1 unspecified atom stereocenters. The van der Waals surface area contributed by atoms with Crippen molar-refractivity contribution in [2.45, 2.75) is 6.92 Å². The Kier molecular flexibility index (Phi) is 3.07. The third-order valence-electron chi connectivity index (χ3n) is 5.25. The number of benzene rings is 1. The quantitative estimate of drug-likeness (QED) is 0.781. The van der Waals surface area contributed by atoms with E-state index in [1.165, 1.54) is 5.57 Å². The lowest BCUT2D eigenvalue weighted by molar-refractivity contribution is 0.442. The van der Waals surface area contributed by atoms with Crippen LogP contribution >= 0.6 is 0 Å². The summed E-state index contributed by atoms with van der Waals surface area (Å²) in [5, 5.41) is 17.4. The Labute approximate surface area is 146 Å². The van der Waals surface area contributed by atoms with Gasteiger partial charge in [0.15, 0.2) is 5.82 Å². The highest BCUT2D eigenvalue weighted by molar-refractivity contribution is 5.85. The van der Waals surface area contributed by atoms with Gasteiger partial charge in [-0.3, -0.25) is 5.10 Å². The van der Waals surface area contributed by atoms with Crippen molar-refractivity contribution in [1.29, 1.82) is 0 Å². The Hall–Kier alpha value is -2.89. The van der Waals surface area contributed by atoms with Gasteiger partial charge in [0.1, 0.15) is 0 Å². The molecule has 0 amide bonds. The molecule has 1 atom stereocenters. The van der Waals surface area contributed by atoms with Crippen LogP contribution in [-0.4, -0.2) is 52.0 Å². The van der Waals surface area contributed by atoms with Gasteiger partial charge < -0.3 is 9.80 Å². The minimum atomic E-state index is 0.637. The molecule has 0 spiro atoms. The van der Waals surface area contributed by atoms with Crippen molar-refractivity contribution in [3.05, 3.63) is 47.8 Å². The average Bonchev–Trinajstić information content (AvgIpc) is 3.28. The number of aromatic nitrogens is 4. The number of nitrogens with one attached hydrogen (secondary N) is 1. The van der Waals surface area contributed by atoms with Gasteiger partial charge in [-0.25, -0.2) is 0 Å². The largest absolute Gasteiger partial charge is 0.380 e. The van der Waals surface area contributed by atoms with Crippen molar-refractivity contribution in [2.75, 3.05) is 31.6 Å². The van der Waals surface area contributed by atoms with E-state index in [4.69, 9.17) is 0 Å². The maximum Gasteiger partial charge on any atom is 0.151 e. The number of H-pyrrole nitrogens is 1. The molecule has 0 radical (unpaired) electrons. The number of rotatable bonds is 2. The summed E-state index contributed by atoms with van der Waals surface area (Å²) in [6, 6.07) is 10.3. The first-order valence-electron chi connectivity index (χ1n) is 8.62. The van der Waals surface area contributed by atoms with E-state index in [-0.39, 0.29) is 0 Å². The Bertz CT molecular complexity index is 971. The lowest BCUT2D eigenvalue weighted by Gasteiger charge is -2.18. The lowest BCUT2D eigenvalue weighted by Crippen LogP contribution is -2.25. The van der Waals surface area contributed by atoms with Crippen LogP contribution in [0.25, 0.3) is 22.2 Å². The maximum absolute atomic E-state index is 4.49. The van der Waals surface area contributed by atoms with Gasteiger partial charge in [-0.1, -0.05) is 6.07 Å². The van der Waals surface area contributed by atoms with Crippen molar-refractivity contribution >= 4 is 16.7 Å². The van der Waals surface area contributed by atoms with Gasteiger partial charge in [-0.15, -0.1) is 10.2 Å². The second-order valence-corrected chi connectivity index (χ2v) is 7.08. The van der Waals surface area contributed by atoms with Crippen LogP contribution in [0.5, 0.6) is 0 Å². The molecule has 4 heterocycles. The minimum absolute atomic E-state index is 0.637. The Balaban J connectivity index is 1.41. The number of fused-ring (bicyclic) bond motifs is 2. The smallest absolute Gasteiger partial charge is 0.151 e. The number of hydrogen-bond donors (Lipinski definition) is 1. The van der Waals surface area contributed by atoms with E-state index in [0.29, 0.717) is 5.92 Å². The zero-order valence-corrected chi connectivity index (χ0v) is 14.4. The summed E-state index contributed by atoms with van der Waals surface area (Å²) < 4.78 is 0. The van der Waals surface area contributed by atoms with E-state index < -0.39 is 0 Å². The van der Waals surface area contributed by atoms with Crippen LogP contribution in [0.2, 0.25) is 0 Å². The molecule has 2 aliphatic rings. The van der Waals surface area contributed by atoms with Crippen LogP contribution in [0, 0.1) is 12.8 Å². The van der Waals surface area contributed by atoms with E-state index in [9.17, 15) is 0 Å². The van der Waals surface area contributed by atoms with Gasteiger partial charge in [0, 0.05) is 55.4 Å². The standard InChI is InChI=1S/C19H20N6/c1-12-16-7-13(3-4-18(16)22-20-12)17-5-6-19(23-21-17)25-10-14-8-24(2)9-15(14)11-25/h3-8,15H,9-11H2,1-2H3,(H,20,22). The SMILES string of the molecule is Cc1[nH]nc2ccc(-c3ccc(N4CC5=CN(C)CC5C4)nn3)cc12. The van der Waals surface area contributed by atoms with Crippen LogP contribution in [0.1, 0.15) is 5.69 Å². The highest BCUT2D eigenvalue weighted by Crippen LogP contribution is 2.31. The van der Waals surface area contributed by atoms with E-state index in [2.05, 4.69) is 61.6 Å². The maximum atomic E-state index is 4.49. The van der Waals surface area contributed by atoms with Gasteiger partial charge in [0.2, 0.25) is 0 Å². The van der Waals surface area contributed by atoms with Crippen LogP contribution in [0.4, 0.5) is 5.82 Å². The molecule has 1 fully saturated rings. The second kappa shape index (κ2) is 5.31. The average molecular weight is 332 g/mol. The van der Waals surface area contributed by atoms with Crippen LogP contribution in [0.3, 0.4) is 0 Å². The van der Waals surface area contributed by atoms with Crippen LogP contribution in [-0.2, 0) is 0 Å². The molecule has 25 heavy (non-hydrogen) atoms. The monoisotopic (exact) mass is 332 g/mol. The van der Waals surface area contributed by atoms with Gasteiger partial charge >= 0.3 is 0 Å². The molecule has 3 aromatic rings. The highest BCUT2D eigenvalue weighted by atomic mass is 15.3. The number of hydrogen-bond acceptors (Lipinski definition) is 5. The molecule has 0 aliphatic carbocycles. The fraction of sp³-hybridized carbons (Fsp3) is 0.316. The summed E-state index contributed by atoms with van der Waals surface area (Å²) in [5.41, 5.74) is 5.52. The predicted molar refractivity (Wildman–Crippen MR) is 98.3 cm³/mol. The fourth-order valence-corrected chi connectivity index (χ4v) is 3.92. The van der Waals surface area contributed by atoms with Gasteiger partial charge in [-0.05, 0) is 36.8 Å². The summed E-state index contributed by atoms with van der Waals surface area (Å²) >= 11 is 0. The molecule has 5 rings (SSSR count). The first-order chi connectivity index (χ1) is 12.2. The highest BCUT2D eigenvalue weighted by Gasteiger charge is 2.32. The number of aryl methyl sites for hydroxylation is 1. The summed E-state index contributed by atoms with van der Waals surface area (Å²) in [6.45, 7) is 5.14. The molecule has 1 N–H and O–H groups in total. The molecule has 1 aromatic carbocycles. The Morgan fingerprint density at radius 2 is 2.04 bits per heavy atom. The lowest BCUT2D eigenvalue weighted by atomic mass is 10.1. The number of aromatic amines is 1. The molecule has 2 aromatic heterocycles. The van der Waals surface area contributed by atoms with Gasteiger partial charge in [0.25, 0.3) is 0 Å². The second-order valence-electron chi connectivity index (χ2n) is 7.08. The zero-order valence-electron chi connectivity index (χ0n) is 14.4. The van der Waals surface area contributed by atoms with Crippen molar-refractivity contribution in [2.24, 2.45) is 5.92 Å². The van der Waals surface area contributed by atoms with Gasteiger partial charge in [-0.2, -0.15) is 5.10 Å². The van der Waals surface area contributed by atoms with Crippen molar-refractivity contribution < 1.29 is 0 Å². The summed E-state index contributed by atoms with van der Waals surface area (Å²) in [5.74, 6) is 1.60. The van der Waals surface area contributed by atoms with Crippen molar-refractivity contribution in [1.82, 2.24) is 25.3 Å². The van der Waals surface area contributed by atoms with Crippen molar-refractivity contribution in [3.63, 3.8) is 0 Å². The van der Waals surface area contributed by atoms with Gasteiger partial charge in [0.05, 0.1) is 11.2 Å². The molecule has 0 bridgehead atoms. The normalized spacial score (nSPS) is 19.6. The molecule has 126 valence electrons. The molecule has 6 nitrogen and oxygen atoms in total. The van der Waals surface area contributed by atoms with E-state index >= 15 is 0 Å². The van der Waals surface area contributed by atoms with Crippen LogP contribution in [0.15, 0.2) is 42.1 Å². The number of anilines is 1. The van der Waals surface area contributed by atoms with E-state index in [1.807, 2.05) is 19.1 Å². The predicted octanol–water partition coefficient (Wildman–Crippen LogP) is 2.59.